The third-order valence-electron chi connectivity index (χ3n) is 1.84. The van der Waals surface area contributed by atoms with Crippen LogP contribution in [0.15, 0.2) is 25.8 Å². The van der Waals surface area contributed by atoms with Crippen LogP contribution in [0.5, 0.6) is 5.75 Å². The van der Waals surface area contributed by atoms with Crippen LogP contribution in [0.2, 0.25) is 0 Å². The number of ether oxygens (including phenoxy) is 2. The standard InChI is InChI=1S/C10H7BrO5S/c1-2-14-9(12)15-6-4-8-7(3-5(6)11)16-10(13)17-8/h3-4H,2H2,1H3. The minimum atomic E-state index is -0.789. The van der Waals surface area contributed by atoms with Crippen molar-refractivity contribution in [3.05, 3.63) is 26.3 Å². The van der Waals surface area contributed by atoms with E-state index in [4.69, 9.17) is 9.15 Å². The number of hydrogen-bond donors (Lipinski definition) is 0. The van der Waals surface area contributed by atoms with Crippen LogP contribution in [-0.4, -0.2) is 12.8 Å². The molecule has 0 saturated heterocycles. The Morgan fingerprint density at radius 3 is 3.00 bits per heavy atom. The van der Waals surface area contributed by atoms with Crippen LogP contribution in [0.4, 0.5) is 4.79 Å². The maximum absolute atomic E-state index is 11.2. The van der Waals surface area contributed by atoms with Crippen LogP contribution in [0.25, 0.3) is 10.3 Å². The molecule has 0 unspecified atom stereocenters. The van der Waals surface area contributed by atoms with Gasteiger partial charge in [0.05, 0.1) is 15.8 Å². The van der Waals surface area contributed by atoms with Crippen molar-refractivity contribution < 1.29 is 18.7 Å². The summed E-state index contributed by atoms with van der Waals surface area (Å²) >= 11 is 4.16. The van der Waals surface area contributed by atoms with Crippen LogP contribution in [0.3, 0.4) is 0 Å². The maximum atomic E-state index is 11.2. The molecular weight excluding hydrogens is 312 g/mol. The highest BCUT2D eigenvalue weighted by Gasteiger charge is 2.12. The molecule has 90 valence electrons. The molecule has 0 N–H and O–H groups in total. The zero-order chi connectivity index (χ0) is 12.4. The fourth-order valence-corrected chi connectivity index (χ4v) is 2.27. The first-order valence-electron chi connectivity index (χ1n) is 4.68. The third kappa shape index (κ3) is 2.67. The van der Waals surface area contributed by atoms with Gasteiger partial charge in [-0.2, -0.15) is 0 Å². The van der Waals surface area contributed by atoms with Crippen molar-refractivity contribution in [1.82, 2.24) is 0 Å². The zero-order valence-electron chi connectivity index (χ0n) is 8.69. The Hall–Kier alpha value is -1.34. The molecular formula is C10H7BrO5S. The summed E-state index contributed by atoms with van der Waals surface area (Å²) in [6.45, 7) is 1.92. The van der Waals surface area contributed by atoms with E-state index in [1.54, 1.807) is 19.1 Å². The van der Waals surface area contributed by atoms with Crippen molar-refractivity contribution in [3.63, 3.8) is 0 Å². The molecule has 2 aromatic rings. The van der Waals surface area contributed by atoms with E-state index in [-0.39, 0.29) is 12.4 Å². The number of carbonyl (C=O) groups excluding carboxylic acids is 1. The van der Waals surface area contributed by atoms with Gasteiger partial charge in [-0.25, -0.2) is 9.59 Å². The molecule has 0 radical (unpaired) electrons. The van der Waals surface area contributed by atoms with E-state index in [1.807, 2.05) is 0 Å². The Balaban J connectivity index is 2.36. The molecule has 0 amide bonds. The van der Waals surface area contributed by atoms with Crippen molar-refractivity contribution in [3.8, 4) is 5.75 Å². The molecule has 7 heteroatoms. The first-order valence-corrected chi connectivity index (χ1v) is 6.29. The average molecular weight is 319 g/mol. The van der Waals surface area contributed by atoms with Crippen molar-refractivity contribution in [2.45, 2.75) is 6.92 Å². The van der Waals surface area contributed by atoms with E-state index in [9.17, 15) is 9.59 Å². The highest BCUT2D eigenvalue weighted by atomic mass is 79.9. The summed E-state index contributed by atoms with van der Waals surface area (Å²) in [5.74, 6) is 0.285. The molecule has 0 aliphatic carbocycles. The molecule has 2 rings (SSSR count). The SMILES string of the molecule is CCOC(=O)Oc1cc2sc(=O)oc2cc1Br. The average Bonchev–Trinajstić information content (AvgIpc) is 2.58. The second kappa shape index (κ2) is 4.89. The molecule has 17 heavy (non-hydrogen) atoms. The van der Waals surface area contributed by atoms with E-state index >= 15 is 0 Å². The van der Waals surface area contributed by atoms with E-state index in [0.29, 0.717) is 14.8 Å². The molecule has 0 aliphatic heterocycles. The second-order valence-electron chi connectivity index (χ2n) is 2.97. The fourth-order valence-electron chi connectivity index (χ4n) is 1.19. The molecule has 0 bridgehead atoms. The molecule has 1 heterocycles. The molecule has 0 aliphatic rings. The Morgan fingerprint density at radius 2 is 2.29 bits per heavy atom. The van der Waals surface area contributed by atoms with E-state index in [1.165, 1.54) is 0 Å². The predicted molar refractivity (Wildman–Crippen MR) is 65.7 cm³/mol. The minimum Gasteiger partial charge on any atom is -0.434 e. The molecule has 0 saturated carbocycles. The van der Waals surface area contributed by atoms with E-state index < -0.39 is 11.1 Å². The molecule has 0 fully saturated rings. The summed E-state index contributed by atoms with van der Waals surface area (Å²) in [4.78, 5) is 21.8. The quantitative estimate of drug-likeness (QED) is 0.628. The number of benzene rings is 1. The highest BCUT2D eigenvalue weighted by Crippen LogP contribution is 2.31. The summed E-state index contributed by atoms with van der Waals surface area (Å²) in [5, 5.41) is 0. The third-order valence-corrected chi connectivity index (χ3v) is 3.25. The van der Waals surface area contributed by atoms with Gasteiger partial charge in [0.2, 0.25) is 0 Å². The summed E-state index contributed by atoms with van der Waals surface area (Å²) in [6, 6.07) is 3.12. The van der Waals surface area contributed by atoms with Gasteiger partial charge in [-0.05, 0) is 22.9 Å². The molecule has 1 aromatic carbocycles. The van der Waals surface area contributed by atoms with Gasteiger partial charge in [-0.15, -0.1) is 0 Å². The number of halogens is 1. The first-order chi connectivity index (χ1) is 8.10. The Morgan fingerprint density at radius 1 is 1.53 bits per heavy atom. The van der Waals surface area contributed by atoms with Crippen LogP contribution in [0, 0.1) is 0 Å². The second-order valence-corrected chi connectivity index (χ2v) is 4.80. The van der Waals surface area contributed by atoms with Crippen LogP contribution < -0.4 is 9.68 Å². The Kier molecular flexibility index (Phi) is 3.49. The lowest BCUT2D eigenvalue weighted by Gasteiger charge is -2.05. The lowest BCUT2D eigenvalue weighted by Crippen LogP contribution is -2.10. The van der Waals surface area contributed by atoms with E-state index in [2.05, 4.69) is 20.7 Å². The van der Waals surface area contributed by atoms with Crippen LogP contribution in [-0.2, 0) is 4.74 Å². The number of fused-ring (bicyclic) bond motifs is 1. The maximum Gasteiger partial charge on any atom is 0.513 e. The highest BCUT2D eigenvalue weighted by molar-refractivity contribution is 9.10. The van der Waals surface area contributed by atoms with Crippen molar-refractivity contribution in [1.29, 1.82) is 0 Å². The molecule has 5 nitrogen and oxygen atoms in total. The summed E-state index contributed by atoms with van der Waals surface area (Å²) in [6.07, 6.45) is -0.789. The van der Waals surface area contributed by atoms with Gasteiger partial charge in [0, 0.05) is 12.1 Å². The molecule has 1 aromatic heterocycles. The van der Waals surface area contributed by atoms with Gasteiger partial charge in [-0.3, -0.25) is 0 Å². The van der Waals surface area contributed by atoms with Crippen LogP contribution >= 0.6 is 27.3 Å². The van der Waals surface area contributed by atoms with Gasteiger partial charge < -0.3 is 13.9 Å². The van der Waals surface area contributed by atoms with Gasteiger partial charge >= 0.3 is 11.1 Å². The molecule has 0 atom stereocenters. The lowest BCUT2D eigenvalue weighted by molar-refractivity contribution is 0.104. The molecule has 0 spiro atoms. The predicted octanol–water partition coefficient (Wildman–Crippen LogP) is 3.15. The van der Waals surface area contributed by atoms with Gasteiger partial charge in [0.25, 0.3) is 0 Å². The van der Waals surface area contributed by atoms with Crippen molar-refractivity contribution >= 4 is 43.7 Å². The number of hydrogen-bond acceptors (Lipinski definition) is 6. The minimum absolute atomic E-state index is 0.234. The largest absolute Gasteiger partial charge is 0.513 e. The number of rotatable bonds is 2. The monoisotopic (exact) mass is 318 g/mol. The van der Waals surface area contributed by atoms with Crippen molar-refractivity contribution in [2.75, 3.05) is 6.61 Å². The summed E-state index contributed by atoms with van der Waals surface area (Å²) in [5.41, 5.74) is 0.447. The van der Waals surface area contributed by atoms with Crippen LogP contribution in [0.1, 0.15) is 6.92 Å². The first kappa shape index (κ1) is 12.1. The zero-order valence-corrected chi connectivity index (χ0v) is 11.1. The topological polar surface area (TPSA) is 65.7 Å². The Bertz CT molecular complexity index is 615. The normalized spacial score (nSPS) is 10.5. The fraction of sp³-hybridized carbons (Fsp3) is 0.200. The van der Waals surface area contributed by atoms with Crippen molar-refractivity contribution in [2.24, 2.45) is 0 Å². The number of carbonyl (C=O) groups is 1. The lowest BCUT2D eigenvalue weighted by atomic mass is 10.3. The summed E-state index contributed by atoms with van der Waals surface area (Å²) in [7, 11) is 0. The Labute approximate surface area is 108 Å². The van der Waals surface area contributed by atoms with Gasteiger partial charge in [0.15, 0.2) is 5.58 Å². The van der Waals surface area contributed by atoms with E-state index in [0.717, 1.165) is 11.3 Å². The smallest absolute Gasteiger partial charge is 0.434 e. The van der Waals surface area contributed by atoms with Gasteiger partial charge in [-0.1, -0.05) is 11.3 Å². The van der Waals surface area contributed by atoms with Gasteiger partial charge in [0.1, 0.15) is 5.75 Å². The summed E-state index contributed by atoms with van der Waals surface area (Å²) < 4.78 is 15.7.